The zero-order valence-electron chi connectivity index (χ0n) is 8.59. The van der Waals surface area contributed by atoms with E-state index in [9.17, 15) is 0 Å². The number of hydrogen-bond acceptors (Lipinski definition) is 2. The minimum absolute atomic E-state index is 0.982. The van der Waals surface area contributed by atoms with Crippen molar-refractivity contribution in [2.45, 2.75) is 26.2 Å². The van der Waals surface area contributed by atoms with E-state index in [1.165, 1.54) is 17.7 Å². The van der Waals surface area contributed by atoms with Gasteiger partial charge in [0.15, 0.2) is 0 Å². The first-order valence-electron chi connectivity index (χ1n) is 5.28. The highest BCUT2D eigenvalue weighted by molar-refractivity contribution is 5.96. The molecular formula is C12H16N2. The molecule has 0 bridgehead atoms. The third-order valence-corrected chi connectivity index (χ3v) is 2.50. The Labute approximate surface area is 85.1 Å². The number of anilines is 1. The van der Waals surface area contributed by atoms with Crippen LogP contribution in [0.5, 0.6) is 0 Å². The lowest BCUT2D eigenvalue weighted by atomic mass is 10.1. The van der Waals surface area contributed by atoms with Gasteiger partial charge in [0, 0.05) is 18.7 Å². The van der Waals surface area contributed by atoms with Gasteiger partial charge >= 0.3 is 0 Å². The number of aliphatic imine (C=N–C) groups is 1. The quantitative estimate of drug-likeness (QED) is 0.758. The first-order chi connectivity index (χ1) is 6.88. The molecule has 1 heterocycles. The monoisotopic (exact) mass is 188 g/mol. The molecule has 0 aromatic heterocycles. The minimum atomic E-state index is 0.982. The average molecular weight is 188 g/mol. The Hall–Kier alpha value is -1.31. The van der Waals surface area contributed by atoms with Crippen molar-refractivity contribution >= 4 is 11.5 Å². The normalized spacial score (nSPS) is 15.4. The zero-order chi connectivity index (χ0) is 9.80. The molecule has 2 rings (SSSR count). The number of rotatable bonds is 2. The van der Waals surface area contributed by atoms with Gasteiger partial charge in [-0.1, -0.05) is 19.1 Å². The summed E-state index contributed by atoms with van der Waals surface area (Å²) in [4.78, 5) is 4.39. The summed E-state index contributed by atoms with van der Waals surface area (Å²) in [6, 6.07) is 8.54. The van der Waals surface area contributed by atoms with Crippen LogP contribution in [-0.4, -0.2) is 12.4 Å². The fraction of sp³-hybridized carbons (Fsp3) is 0.417. The van der Waals surface area contributed by atoms with Crippen LogP contribution in [0.1, 0.15) is 25.3 Å². The summed E-state index contributed by atoms with van der Waals surface area (Å²) in [5, 5.41) is 3.37. The highest BCUT2D eigenvalue weighted by Crippen LogP contribution is 2.13. The molecule has 2 heteroatoms. The number of amidine groups is 1. The molecule has 1 aromatic rings. The summed E-state index contributed by atoms with van der Waals surface area (Å²) >= 11 is 0. The number of benzene rings is 1. The van der Waals surface area contributed by atoms with Gasteiger partial charge < -0.3 is 5.32 Å². The van der Waals surface area contributed by atoms with Crippen molar-refractivity contribution in [3.8, 4) is 0 Å². The molecule has 0 amide bonds. The molecule has 1 aliphatic heterocycles. The third-order valence-electron chi connectivity index (χ3n) is 2.50. The molecule has 1 N–H and O–H groups in total. The predicted octanol–water partition coefficient (Wildman–Crippen LogP) is 2.85. The molecule has 74 valence electrons. The van der Waals surface area contributed by atoms with Crippen LogP contribution in [0.25, 0.3) is 0 Å². The van der Waals surface area contributed by atoms with Crippen molar-refractivity contribution in [2.24, 2.45) is 4.99 Å². The van der Waals surface area contributed by atoms with E-state index in [2.05, 4.69) is 41.5 Å². The summed E-state index contributed by atoms with van der Waals surface area (Å²) < 4.78 is 0. The van der Waals surface area contributed by atoms with Crippen LogP contribution in [0.15, 0.2) is 29.3 Å². The lowest BCUT2D eigenvalue weighted by Gasteiger charge is -2.06. The summed E-state index contributed by atoms with van der Waals surface area (Å²) in [6.07, 6.45) is 3.37. The van der Waals surface area contributed by atoms with Gasteiger partial charge in [0.1, 0.15) is 5.84 Å². The Morgan fingerprint density at radius 3 is 3.07 bits per heavy atom. The molecule has 1 aromatic carbocycles. The molecule has 1 aliphatic rings. The van der Waals surface area contributed by atoms with Crippen molar-refractivity contribution in [3.05, 3.63) is 29.8 Å². The molecule has 0 spiro atoms. The fourth-order valence-electron chi connectivity index (χ4n) is 1.68. The maximum absolute atomic E-state index is 4.39. The first-order valence-corrected chi connectivity index (χ1v) is 5.28. The summed E-state index contributed by atoms with van der Waals surface area (Å²) in [5.74, 6) is 1.14. The smallest absolute Gasteiger partial charge is 0.101 e. The van der Waals surface area contributed by atoms with E-state index in [0.29, 0.717) is 0 Å². The van der Waals surface area contributed by atoms with Crippen LogP contribution < -0.4 is 5.32 Å². The summed E-state index contributed by atoms with van der Waals surface area (Å²) in [5.41, 5.74) is 2.54. The third kappa shape index (κ3) is 2.13. The van der Waals surface area contributed by atoms with Gasteiger partial charge in [-0.3, -0.25) is 4.99 Å². The van der Waals surface area contributed by atoms with Gasteiger partial charge in [-0.2, -0.15) is 0 Å². The van der Waals surface area contributed by atoms with Gasteiger partial charge in [-0.25, -0.2) is 0 Å². The topological polar surface area (TPSA) is 24.4 Å². The van der Waals surface area contributed by atoms with Gasteiger partial charge in [-0.15, -0.1) is 0 Å². The second kappa shape index (κ2) is 4.27. The van der Waals surface area contributed by atoms with Crippen molar-refractivity contribution in [3.63, 3.8) is 0 Å². The molecule has 0 fully saturated rings. The summed E-state index contributed by atoms with van der Waals surface area (Å²) in [7, 11) is 0. The van der Waals surface area contributed by atoms with Gasteiger partial charge in [0.25, 0.3) is 0 Å². The van der Waals surface area contributed by atoms with Gasteiger partial charge in [0.05, 0.1) is 0 Å². The highest BCUT2D eigenvalue weighted by Gasteiger charge is 2.05. The van der Waals surface area contributed by atoms with Gasteiger partial charge in [-0.05, 0) is 30.5 Å². The van der Waals surface area contributed by atoms with Crippen LogP contribution in [0.4, 0.5) is 5.69 Å². The largest absolute Gasteiger partial charge is 0.344 e. The van der Waals surface area contributed by atoms with Crippen LogP contribution in [-0.2, 0) is 6.42 Å². The Bertz CT molecular complexity index is 342. The Kier molecular flexibility index (Phi) is 2.82. The van der Waals surface area contributed by atoms with E-state index in [1.54, 1.807) is 0 Å². The maximum atomic E-state index is 4.39. The molecular weight excluding hydrogens is 172 g/mol. The number of aryl methyl sites for hydroxylation is 1. The molecule has 0 unspecified atom stereocenters. The SMILES string of the molecule is CCc1cccc(NC2=NCCC2)c1. The van der Waals surface area contributed by atoms with Crippen molar-refractivity contribution in [1.29, 1.82) is 0 Å². The zero-order valence-corrected chi connectivity index (χ0v) is 8.59. The van der Waals surface area contributed by atoms with E-state index < -0.39 is 0 Å². The fourth-order valence-corrected chi connectivity index (χ4v) is 1.68. The first kappa shape index (κ1) is 9.25. The van der Waals surface area contributed by atoms with E-state index in [0.717, 1.165) is 25.2 Å². The second-order valence-corrected chi connectivity index (χ2v) is 3.61. The minimum Gasteiger partial charge on any atom is -0.344 e. The molecule has 0 aliphatic carbocycles. The van der Waals surface area contributed by atoms with Crippen LogP contribution >= 0.6 is 0 Å². The predicted molar refractivity (Wildman–Crippen MR) is 61.0 cm³/mol. The van der Waals surface area contributed by atoms with E-state index in [-0.39, 0.29) is 0 Å². The molecule has 2 nitrogen and oxygen atoms in total. The van der Waals surface area contributed by atoms with Crippen molar-refractivity contribution in [1.82, 2.24) is 0 Å². The molecule has 0 saturated carbocycles. The Balaban J connectivity index is 2.08. The standard InChI is InChI=1S/C12H16N2/c1-2-10-5-3-6-11(9-10)14-12-7-4-8-13-12/h3,5-6,9H,2,4,7-8H2,1H3,(H,13,14). The Morgan fingerprint density at radius 1 is 1.43 bits per heavy atom. The van der Waals surface area contributed by atoms with Crippen LogP contribution in [0.2, 0.25) is 0 Å². The van der Waals surface area contributed by atoms with E-state index >= 15 is 0 Å². The lowest BCUT2D eigenvalue weighted by Crippen LogP contribution is -2.08. The molecule has 0 saturated heterocycles. The van der Waals surface area contributed by atoms with Gasteiger partial charge in [0.2, 0.25) is 0 Å². The average Bonchev–Trinajstić information content (AvgIpc) is 2.71. The lowest BCUT2D eigenvalue weighted by molar-refractivity contribution is 0.951. The van der Waals surface area contributed by atoms with E-state index in [1.807, 2.05) is 0 Å². The summed E-state index contributed by atoms with van der Waals surface area (Å²) in [6.45, 7) is 3.15. The number of hydrogen-bond donors (Lipinski definition) is 1. The second-order valence-electron chi connectivity index (χ2n) is 3.61. The highest BCUT2D eigenvalue weighted by atomic mass is 15.0. The number of nitrogens with one attached hydrogen (secondary N) is 1. The number of nitrogens with zero attached hydrogens (tertiary/aromatic N) is 1. The molecule has 14 heavy (non-hydrogen) atoms. The van der Waals surface area contributed by atoms with Crippen LogP contribution in [0, 0.1) is 0 Å². The van der Waals surface area contributed by atoms with Crippen LogP contribution in [0.3, 0.4) is 0 Å². The molecule has 0 radical (unpaired) electrons. The van der Waals surface area contributed by atoms with E-state index in [4.69, 9.17) is 0 Å². The van der Waals surface area contributed by atoms with Crippen molar-refractivity contribution in [2.75, 3.05) is 11.9 Å². The molecule has 0 atom stereocenters. The Morgan fingerprint density at radius 2 is 2.36 bits per heavy atom. The van der Waals surface area contributed by atoms with Crippen molar-refractivity contribution < 1.29 is 0 Å². The maximum Gasteiger partial charge on any atom is 0.101 e.